The van der Waals surface area contributed by atoms with E-state index in [2.05, 4.69) is 0 Å². The number of rotatable bonds is 2. The van der Waals surface area contributed by atoms with Crippen LogP contribution in [-0.2, 0) is 9.53 Å². The third-order valence-corrected chi connectivity index (χ3v) is 2.64. The first kappa shape index (κ1) is 12.5. The molecular weight excluding hydrogens is 192 g/mol. The number of amides is 1. The molecule has 0 spiro atoms. The lowest BCUT2D eigenvalue weighted by atomic mass is 10.0. The molecule has 1 rings (SSSR count). The molecule has 0 saturated carbocycles. The van der Waals surface area contributed by atoms with Gasteiger partial charge >= 0.3 is 0 Å². The second-order valence-electron chi connectivity index (χ2n) is 4.92. The highest BCUT2D eigenvalue weighted by Crippen LogP contribution is 2.21. The average molecular weight is 214 g/mol. The number of hydrogen-bond donors (Lipinski definition) is 1. The van der Waals surface area contributed by atoms with E-state index in [-0.39, 0.29) is 23.7 Å². The second kappa shape index (κ2) is 4.49. The number of hydrogen-bond acceptors (Lipinski definition) is 3. The van der Waals surface area contributed by atoms with Crippen molar-refractivity contribution >= 4 is 5.91 Å². The number of nitrogens with zero attached hydrogens (tertiary/aromatic N) is 1. The zero-order valence-electron chi connectivity index (χ0n) is 10.1. The van der Waals surface area contributed by atoms with E-state index < -0.39 is 0 Å². The standard InChI is InChI=1S/C11H22N2O2/c1-5-9(12)10(14)13-6-8(2)15-11(3,4)7-13/h8-9H,5-7,12H2,1-4H3/t8?,9-/m0/s1. The van der Waals surface area contributed by atoms with Crippen LogP contribution in [-0.4, -0.2) is 41.6 Å². The Kier molecular flexibility index (Phi) is 3.73. The van der Waals surface area contributed by atoms with Gasteiger partial charge < -0.3 is 15.4 Å². The topological polar surface area (TPSA) is 55.6 Å². The summed E-state index contributed by atoms with van der Waals surface area (Å²) in [7, 11) is 0. The highest BCUT2D eigenvalue weighted by Gasteiger charge is 2.34. The molecule has 1 heterocycles. The lowest BCUT2D eigenvalue weighted by molar-refractivity contribution is -0.159. The highest BCUT2D eigenvalue weighted by atomic mass is 16.5. The van der Waals surface area contributed by atoms with Gasteiger partial charge in [-0.3, -0.25) is 4.79 Å². The number of ether oxygens (including phenoxy) is 1. The molecule has 2 N–H and O–H groups in total. The van der Waals surface area contributed by atoms with Gasteiger partial charge in [-0.25, -0.2) is 0 Å². The van der Waals surface area contributed by atoms with Gasteiger partial charge in [0.25, 0.3) is 0 Å². The molecule has 0 aromatic carbocycles. The van der Waals surface area contributed by atoms with Crippen LogP contribution in [0.2, 0.25) is 0 Å². The summed E-state index contributed by atoms with van der Waals surface area (Å²) in [6.45, 7) is 9.19. The Hall–Kier alpha value is -0.610. The van der Waals surface area contributed by atoms with Crippen molar-refractivity contribution in [3.05, 3.63) is 0 Å². The maximum Gasteiger partial charge on any atom is 0.239 e. The smallest absolute Gasteiger partial charge is 0.239 e. The molecular formula is C11H22N2O2. The van der Waals surface area contributed by atoms with E-state index in [4.69, 9.17) is 10.5 Å². The SMILES string of the molecule is CC[C@H](N)C(=O)N1CC(C)OC(C)(C)C1. The fourth-order valence-corrected chi connectivity index (χ4v) is 2.03. The largest absolute Gasteiger partial charge is 0.369 e. The normalized spacial score (nSPS) is 27.5. The van der Waals surface area contributed by atoms with Crippen LogP contribution in [0.3, 0.4) is 0 Å². The molecule has 88 valence electrons. The molecule has 0 aromatic rings. The monoisotopic (exact) mass is 214 g/mol. The molecule has 2 atom stereocenters. The van der Waals surface area contributed by atoms with Crippen molar-refractivity contribution in [1.29, 1.82) is 0 Å². The minimum absolute atomic E-state index is 0.0423. The summed E-state index contributed by atoms with van der Waals surface area (Å²) in [5.41, 5.74) is 5.49. The van der Waals surface area contributed by atoms with Crippen molar-refractivity contribution in [3.8, 4) is 0 Å². The molecule has 15 heavy (non-hydrogen) atoms. The molecule has 0 aliphatic carbocycles. The van der Waals surface area contributed by atoms with Crippen molar-refractivity contribution in [2.75, 3.05) is 13.1 Å². The van der Waals surface area contributed by atoms with Gasteiger partial charge in [0.2, 0.25) is 5.91 Å². The van der Waals surface area contributed by atoms with E-state index in [0.717, 1.165) is 0 Å². The molecule has 0 bridgehead atoms. The molecule has 1 amide bonds. The minimum Gasteiger partial charge on any atom is -0.369 e. The van der Waals surface area contributed by atoms with Crippen LogP contribution in [0.5, 0.6) is 0 Å². The Morgan fingerprint density at radius 1 is 1.67 bits per heavy atom. The van der Waals surface area contributed by atoms with E-state index >= 15 is 0 Å². The molecule has 4 nitrogen and oxygen atoms in total. The third-order valence-electron chi connectivity index (χ3n) is 2.64. The summed E-state index contributed by atoms with van der Waals surface area (Å²) in [5.74, 6) is 0.0423. The molecule has 1 unspecified atom stereocenters. The fourth-order valence-electron chi connectivity index (χ4n) is 2.03. The van der Waals surface area contributed by atoms with Crippen LogP contribution in [0.15, 0.2) is 0 Å². The summed E-state index contributed by atoms with van der Waals surface area (Å²) in [5, 5.41) is 0. The number of morpholine rings is 1. The van der Waals surface area contributed by atoms with E-state index in [9.17, 15) is 4.79 Å². The second-order valence-corrected chi connectivity index (χ2v) is 4.92. The fraction of sp³-hybridized carbons (Fsp3) is 0.909. The van der Waals surface area contributed by atoms with Gasteiger partial charge in [0.1, 0.15) is 0 Å². The van der Waals surface area contributed by atoms with Crippen molar-refractivity contribution < 1.29 is 9.53 Å². The first-order chi connectivity index (χ1) is 6.85. The predicted octanol–water partition coefficient (Wildman–Crippen LogP) is 0.750. The van der Waals surface area contributed by atoms with Crippen LogP contribution in [0.4, 0.5) is 0 Å². The van der Waals surface area contributed by atoms with Crippen molar-refractivity contribution in [3.63, 3.8) is 0 Å². The summed E-state index contributed by atoms with van der Waals surface area (Å²) < 4.78 is 5.73. The van der Waals surface area contributed by atoms with Gasteiger partial charge in [0.05, 0.1) is 17.7 Å². The van der Waals surface area contributed by atoms with E-state index in [1.807, 2.05) is 32.6 Å². The van der Waals surface area contributed by atoms with E-state index in [1.165, 1.54) is 0 Å². The van der Waals surface area contributed by atoms with Crippen molar-refractivity contribution in [2.24, 2.45) is 5.73 Å². The quantitative estimate of drug-likeness (QED) is 0.738. The number of carbonyl (C=O) groups is 1. The lowest BCUT2D eigenvalue weighted by Crippen LogP contribution is -2.57. The number of nitrogens with two attached hydrogens (primary N) is 1. The zero-order valence-corrected chi connectivity index (χ0v) is 10.1. The molecule has 1 aliphatic rings. The van der Waals surface area contributed by atoms with Gasteiger partial charge in [0, 0.05) is 13.1 Å². The van der Waals surface area contributed by atoms with Gasteiger partial charge in [-0.05, 0) is 27.2 Å². The van der Waals surface area contributed by atoms with E-state index in [1.54, 1.807) is 0 Å². The maximum absolute atomic E-state index is 11.9. The molecule has 1 aliphatic heterocycles. The Bertz CT molecular complexity index is 241. The lowest BCUT2D eigenvalue weighted by Gasteiger charge is -2.42. The Morgan fingerprint density at radius 2 is 2.27 bits per heavy atom. The Morgan fingerprint density at radius 3 is 2.73 bits per heavy atom. The predicted molar refractivity (Wildman–Crippen MR) is 59.5 cm³/mol. The Labute approximate surface area is 91.8 Å². The number of carbonyl (C=O) groups excluding carboxylic acids is 1. The van der Waals surface area contributed by atoms with Crippen LogP contribution in [0, 0.1) is 0 Å². The summed E-state index contributed by atoms with van der Waals surface area (Å²) >= 11 is 0. The van der Waals surface area contributed by atoms with Gasteiger partial charge in [-0.2, -0.15) is 0 Å². The van der Waals surface area contributed by atoms with Crippen LogP contribution in [0.1, 0.15) is 34.1 Å². The van der Waals surface area contributed by atoms with Crippen LogP contribution >= 0.6 is 0 Å². The summed E-state index contributed by atoms with van der Waals surface area (Å²) in [6, 6.07) is -0.369. The maximum atomic E-state index is 11.9. The molecule has 1 saturated heterocycles. The average Bonchev–Trinajstić information content (AvgIpc) is 2.12. The van der Waals surface area contributed by atoms with Gasteiger partial charge in [-0.1, -0.05) is 6.92 Å². The molecule has 0 radical (unpaired) electrons. The van der Waals surface area contributed by atoms with Gasteiger partial charge in [0.15, 0.2) is 0 Å². The molecule has 4 heteroatoms. The van der Waals surface area contributed by atoms with Crippen molar-refractivity contribution in [2.45, 2.75) is 51.9 Å². The van der Waals surface area contributed by atoms with Gasteiger partial charge in [-0.15, -0.1) is 0 Å². The Balaban J connectivity index is 2.66. The van der Waals surface area contributed by atoms with Crippen LogP contribution in [0.25, 0.3) is 0 Å². The summed E-state index contributed by atoms with van der Waals surface area (Å²) in [4.78, 5) is 13.7. The molecule has 0 aromatic heterocycles. The minimum atomic E-state index is -0.369. The highest BCUT2D eigenvalue weighted by molar-refractivity contribution is 5.81. The zero-order chi connectivity index (χ0) is 11.6. The van der Waals surface area contributed by atoms with E-state index in [0.29, 0.717) is 19.5 Å². The summed E-state index contributed by atoms with van der Waals surface area (Å²) in [6.07, 6.45) is 0.770. The first-order valence-corrected chi connectivity index (χ1v) is 5.58. The molecule has 1 fully saturated rings. The first-order valence-electron chi connectivity index (χ1n) is 5.58. The third kappa shape index (κ3) is 3.18. The van der Waals surface area contributed by atoms with Crippen LogP contribution < -0.4 is 5.73 Å². The van der Waals surface area contributed by atoms with Crippen molar-refractivity contribution in [1.82, 2.24) is 4.90 Å².